The molecule has 0 atom stereocenters. The first-order valence-corrected chi connectivity index (χ1v) is 15.4. The molecule has 4 aliphatic rings. The van der Waals surface area contributed by atoms with Crippen LogP contribution in [0.25, 0.3) is 10.2 Å². The molecular formula is C30H40N8O2S. The highest BCUT2D eigenvalue weighted by Gasteiger charge is 2.48. The number of carbonyl (C=O) groups excluding carboxylic acids is 1. The Labute approximate surface area is 245 Å². The highest BCUT2D eigenvalue weighted by atomic mass is 32.1. The van der Waals surface area contributed by atoms with Gasteiger partial charge in [0.25, 0.3) is 0 Å². The summed E-state index contributed by atoms with van der Waals surface area (Å²) >= 11 is 1.81. The SMILES string of the molecule is CN(C)C1CCN(c2cc(N)c(C=N)cc2Nc2ncnc3sc4c(c23)CCCC4)CC1.O=CN1CC2(COC2)C1. The lowest BCUT2D eigenvalue weighted by Crippen LogP contribution is -2.65. The maximum atomic E-state index is 10.1. The van der Waals surface area contributed by atoms with Gasteiger partial charge in [-0.25, -0.2) is 9.97 Å². The van der Waals surface area contributed by atoms with Crippen molar-refractivity contribution in [2.45, 2.75) is 44.6 Å². The van der Waals surface area contributed by atoms with Gasteiger partial charge in [0.1, 0.15) is 17.0 Å². The Bertz CT molecular complexity index is 1420. The molecule has 2 aromatic heterocycles. The van der Waals surface area contributed by atoms with Gasteiger partial charge in [-0.1, -0.05) is 0 Å². The zero-order chi connectivity index (χ0) is 28.6. The number of ether oxygens (including phenoxy) is 1. The van der Waals surface area contributed by atoms with E-state index in [0.717, 1.165) is 104 Å². The van der Waals surface area contributed by atoms with Crippen LogP contribution in [-0.2, 0) is 22.4 Å². The lowest BCUT2D eigenvalue weighted by Gasteiger charge is -2.53. The summed E-state index contributed by atoms with van der Waals surface area (Å²) in [6.07, 6.45) is 10.8. The molecule has 11 heteroatoms. The number of hydrogen-bond donors (Lipinski definition) is 3. The number of likely N-dealkylation sites (tertiary alicyclic amines) is 1. The van der Waals surface area contributed by atoms with Gasteiger partial charge in [0.2, 0.25) is 6.41 Å². The van der Waals surface area contributed by atoms with Crippen LogP contribution in [0, 0.1) is 10.8 Å². The van der Waals surface area contributed by atoms with E-state index in [9.17, 15) is 4.79 Å². The van der Waals surface area contributed by atoms with Crippen molar-refractivity contribution in [3.63, 3.8) is 0 Å². The Hall–Kier alpha value is -3.28. The molecule has 3 saturated heterocycles. The van der Waals surface area contributed by atoms with Crippen molar-refractivity contribution >= 4 is 57.1 Å². The van der Waals surface area contributed by atoms with Crippen LogP contribution in [0.4, 0.5) is 22.9 Å². The predicted molar refractivity (Wildman–Crippen MR) is 166 cm³/mol. The maximum absolute atomic E-state index is 10.1. The largest absolute Gasteiger partial charge is 0.398 e. The van der Waals surface area contributed by atoms with Gasteiger partial charge in [0.05, 0.1) is 35.4 Å². The zero-order valence-corrected chi connectivity index (χ0v) is 24.8. The Balaban J connectivity index is 0.000000283. The third kappa shape index (κ3) is 5.50. The van der Waals surface area contributed by atoms with Crippen LogP contribution in [0.5, 0.6) is 0 Å². The first kappa shape index (κ1) is 27.9. The van der Waals surface area contributed by atoms with E-state index in [0.29, 0.717) is 17.1 Å². The third-order valence-electron chi connectivity index (χ3n) is 8.94. The minimum Gasteiger partial charge on any atom is -0.398 e. The summed E-state index contributed by atoms with van der Waals surface area (Å²) in [6.45, 7) is 5.50. The second-order valence-corrected chi connectivity index (χ2v) is 13.1. The molecule has 1 amide bonds. The Morgan fingerprint density at radius 2 is 1.93 bits per heavy atom. The van der Waals surface area contributed by atoms with E-state index in [4.69, 9.17) is 15.9 Å². The first-order valence-electron chi connectivity index (χ1n) is 14.5. The summed E-state index contributed by atoms with van der Waals surface area (Å²) in [6, 6.07) is 4.61. The third-order valence-corrected chi connectivity index (χ3v) is 10.1. The lowest BCUT2D eigenvalue weighted by atomic mass is 9.78. The molecule has 0 bridgehead atoms. The second kappa shape index (κ2) is 11.5. The molecule has 0 saturated carbocycles. The molecular weight excluding hydrogens is 536 g/mol. The molecule has 3 fully saturated rings. The Morgan fingerprint density at radius 1 is 1.17 bits per heavy atom. The van der Waals surface area contributed by atoms with E-state index in [1.165, 1.54) is 29.5 Å². The fourth-order valence-electron chi connectivity index (χ4n) is 6.51. The van der Waals surface area contributed by atoms with Gasteiger partial charge in [-0.15, -0.1) is 11.3 Å². The van der Waals surface area contributed by atoms with E-state index in [1.54, 1.807) is 11.2 Å². The summed E-state index contributed by atoms with van der Waals surface area (Å²) in [5.74, 6) is 0.861. The van der Waals surface area contributed by atoms with Crippen LogP contribution in [0.3, 0.4) is 0 Å². The average Bonchev–Trinajstić information content (AvgIpc) is 3.32. The van der Waals surface area contributed by atoms with Crippen LogP contribution < -0.4 is 16.0 Å². The fraction of sp³-hybridized carbons (Fsp3) is 0.533. The van der Waals surface area contributed by atoms with E-state index in [1.807, 2.05) is 23.5 Å². The van der Waals surface area contributed by atoms with E-state index < -0.39 is 0 Å². The molecule has 0 unspecified atom stereocenters. The van der Waals surface area contributed by atoms with Crippen molar-refractivity contribution in [3.8, 4) is 0 Å². The maximum Gasteiger partial charge on any atom is 0.209 e. The number of nitrogens with one attached hydrogen (secondary N) is 2. The quantitative estimate of drug-likeness (QED) is 0.229. The number of hydrogen-bond acceptors (Lipinski definition) is 10. The van der Waals surface area contributed by atoms with Gasteiger partial charge >= 0.3 is 0 Å². The number of nitrogens with zero attached hydrogens (tertiary/aromatic N) is 5. The van der Waals surface area contributed by atoms with Gasteiger partial charge in [-0.2, -0.15) is 0 Å². The van der Waals surface area contributed by atoms with Crippen molar-refractivity contribution < 1.29 is 9.53 Å². The van der Waals surface area contributed by atoms with Crippen LogP contribution >= 0.6 is 11.3 Å². The molecule has 10 nitrogen and oxygen atoms in total. The molecule has 1 spiro atoms. The minimum absolute atomic E-state index is 0.390. The van der Waals surface area contributed by atoms with E-state index >= 15 is 0 Å². The highest BCUT2D eigenvalue weighted by molar-refractivity contribution is 7.19. The van der Waals surface area contributed by atoms with E-state index in [2.05, 4.69) is 39.2 Å². The van der Waals surface area contributed by atoms with E-state index in [-0.39, 0.29) is 0 Å². The summed E-state index contributed by atoms with van der Waals surface area (Å²) in [5, 5.41) is 12.6. The molecule has 7 rings (SSSR count). The predicted octanol–water partition coefficient (Wildman–Crippen LogP) is 3.90. The number of aryl methyl sites for hydroxylation is 2. The van der Waals surface area contributed by atoms with Crippen molar-refractivity contribution in [2.75, 3.05) is 69.4 Å². The van der Waals surface area contributed by atoms with Gasteiger partial charge in [0, 0.05) is 54.6 Å². The highest BCUT2D eigenvalue weighted by Crippen LogP contribution is 2.41. The van der Waals surface area contributed by atoms with Crippen LogP contribution in [0.15, 0.2) is 18.5 Å². The number of aromatic nitrogens is 2. The van der Waals surface area contributed by atoms with Crippen molar-refractivity contribution in [3.05, 3.63) is 34.5 Å². The van der Waals surface area contributed by atoms with Gasteiger partial charge < -0.3 is 35.9 Å². The number of thiophene rings is 1. The van der Waals surface area contributed by atoms with Gasteiger partial charge in [0.15, 0.2) is 0 Å². The number of fused-ring (bicyclic) bond motifs is 3. The molecule has 5 heterocycles. The van der Waals surface area contributed by atoms with Crippen molar-refractivity contribution in [1.82, 2.24) is 19.8 Å². The smallest absolute Gasteiger partial charge is 0.209 e. The number of benzene rings is 1. The number of nitrogen functional groups attached to an aromatic ring is 1. The number of carbonyl (C=O) groups is 1. The second-order valence-electron chi connectivity index (χ2n) is 12.1. The monoisotopic (exact) mass is 576 g/mol. The van der Waals surface area contributed by atoms with Crippen molar-refractivity contribution in [1.29, 1.82) is 5.41 Å². The summed E-state index contributed by atoms with van der Waals surface area (Å²) in [7, 11) is 4.32. The van der Waals surface area contributed by atoms with Crippen LogP contribution in [-0.4, -0.2) is 91.9 Å². The normalized spacial score (nSPS) is 19.7. The number of rotatable bonds is 6. The fourth-order valence-corrected chi connectivity index (χ4v) is 7.74. The molecule has 0 radical (unpaired) electrons. The molecule has 218 valence electrons. The lowest BCUT2D eigenvalue weighted by molar-refractivity contribution is -0.188. The summed E-state index contributed by atoms with van der Waals surface area (Å²) in [5.41, 5.74) is 11.5. The summed E-state index contributed by atoms with van der Waals surface area (Å²) < 4.78 is 5.03. The number of anilines is 4. The summed E-state index contributed by atoms with van der Waals surface area (Å²) in [4.78, 5) is 28.4. The number of amides is 1. The molecule has 3 aromatic rings. The van der Waals surface area contributed by atoms with Gasteiger partial charge in [-0.3, -0.25) is 4.79 Å². The molecule has 1 aromatic carbocycles. The van der Waals surface area contributed by atoms with Crippen LogP contribution in [0.2, 0.25) is 0 Å². The first-order chi connectivity index (χ1) is 19.9. The standard InChI is InChI=1S/C24H31N7S.C6H9NO2/c1-30(2)16-7-9-31(10-8-16)20-12-18(26)15(13-25)11-19(20)29-23-22-17-5-3-4-6-21(17)32-24(22)28-14-27-23;8-5-7-1-6(2-7)3-9-4-6/h11-14,16,25H,3-10,26H2,1-2H3,(H,27,28,29);5H,1-4H2. The molecule has 3 aliphatic heterocycles. The van der Waals surface area contributed by atoms with Gasteiger partial charge in [-0.05, 0) is 70.3 Å². The zero-order valence-electron chi connectivity index (χ0n) is 24.0. The molecule has 1 aliphatic carbocycles. The van der Waals surface area contributed by atoms with Crippen molar-refractivity contribution in [2.24, 2.45) is 5.41 Å². The Kier molecular flexibility index (Phi) is 7.84. The average molecular weight is 577 g/mol. The van der Waals surface area contributed by atoms with Crippen LogP contribution in [0.1, 0.15) is 41.7 Å². The molecule has 4 N–H and O–H groups in total. The molecule has 41 heavy (non-hydrogen) atoms. The topological polar surface area (TPSA) is 124 Å². The minimum atomic E-state index is 0.390. The number of nitrogens with two attached hydrogens (primary N) is 1. The Morgan fingerprint density at radius 3 is 2.59 bits per heavy atom. The number of piperidine rings is 1.